The Morgan fingerprint density at radius 3 is 3.00 bits per heavy atom. The van der Waals surface area contributed by atoms with Crippen LogP contribution in [0.3, 0.4) is 0 Å². The first kappa shape index (κ1) is 14.3. The van der Waals surface area contributed by atoms with Crippen molar-refractivity contribution in [1.29, 1.82) is 0 Å². The number of carboxylic acid groups (broad SMARTS) is 1. The van der Waals surface area contributed by atoms with Gasteiger partial charge in [-0.25, -0.2) is 4.98 Å². The van der Waals surface area contributed by atoms with Gasteiger partial charge in [-0.05, 0) is 33.6 Å². The summed E-state index contributed by atoms with van der Waals surface area (Å²) in [7, 11) is 0. The fourth-order valence-corrected chi connectivity index (χ4v) is 2.87. The number of carbonyl (C=O) groups is 1. The van der Waals surface area contributed by atoms with E-state index in [4.69, 9.17) is 4.74 Å². The van der Waals surface area contributed by atoms with Crippen molar-refractivity contribution in [2.75, 3.05) is 18.5 Å². The Kier molecular flexibility index (Phi) is 3.82. The summed E-state index contributed by atoms with van der Waals surface area (Å²) >= 11 is 1.43. The standard InChI is InChI=1S/C13H20N2O3S/c1-12(2,10(16)17)9-7-19-11(15-9)14-8-13(3)5-4-6-18-13/h7H,4-6,8H2,1-3H3,(H,14,15)(H,16,17). The lowest BCUT2D eigenvalue weighted by Gasteiger charge is -2.23. The summed E-state index contributed by atoms with van der Waals surface area (Å²) in [6.07, 6.45) is 2.13. The van der Waals surface area contributed by atoms with Crippen molar-refractivity contribution in [3.8, 4) is 0 Å². The molecule has 0 spiro atoms. The maximum Gasteiger partial charge on any atom is 0.315 e. The van der Waals surface area contributed by atoms with Crippen molar-refractivity contribution in [1.82, 2.24) is 4.98 Å². The summed E-state index contributed by atoms with van der Waals surface area (Å²) in [6.45, 7) is 6.93. The van der Waals surface area contributed by atoms with Gasteiger partial charge < -0.3 is 15.2 Å². The number of thiazole rings is 1. The van der Waals surface area contributed by atoms with Crippen LogP contribution in [0, 0.1) is 0 Å². The normalized spacial score (nSPS) is 23.5. The Balaban J connectivity index is 2.00. The first-order valence-corrected chi connectivity index (χ1v) is 7.29. The van der Waals surface area contributed by atoms with Crippen LogP contribution in [-0.2, 0) is 14.9 Å². The number of hydrogen-bond donors (Lipinski definition) is 2. The molecular formula is C13H20N2O3S. The Labute approximate surface area is 117 Å². The Hall–Kier alpha value is -1.14. The maximum atomic E-state index is 11.2. The molecule has 2 rings (SSSR count). The van der Waals surface area contributed by atoms with E-state index < -0.39 is 11.4 Å². The van der Waals surface area contributed by atoms with E-state index in [1.165, 1.54) is 11.3 Å². The molecule has 1 aromatic rings. The Morgan fingerprint density at radius 1 is 1.68 bits per heavy atom. The number of ether oxygens (including phenoxy) is 1. The molecule has 0 saturated carbocycles. The summed E-state index contributed by atoms with van der Waals surface area (Å²) in [6, 6.07) is 0. The number of hydrogen-bond acceptors (Lipinski definition) is 5. The number of aromatic nitrogens is 1. The predicted molar refractivity (Wildman–Crippen MR) is 74.9 cm³/mol. The topological polar surface area (TPSA) is 71.5 Å². The zero-order valence-electron chi connectivity index (χ0n) is 11.5. The second kappa shape index (κ2) is 5.09. The minimum Gasteiger partial charge on any atom is -0.481 e. The van der Waals surface area contributed by atoms with E-state index in [-0.39, 0.29) is 5.60 Å². The lowest BCUT2D eigenvalue weighted by molar-refractivity contribution is -0.142. The fraction of sp³-hybridized carbons (Fsp3) is 0.692. The highest BCUT2D eigenvalue weighted by Crippen LogP contribution is 2.29. The molecule has 1 aliphatic heterocycles. The maximum absolute atomic E-state index is 11.2. The first-order chi connectivity index (χ1) is 8.83. The van der Waals surface area contributed by atoms with E-state index in [1.807, 2.05) is 0 Å². The van der Waals surface area contributed by atoms with Crippen molar-refractivity contribution < 1.29 is 14.6 Å². The molecule has 1 aromatic heterocycles. The summed E-state index contributed by atoms with van der Waals surface area (Å²) in [5.41, 5.74) is -0.497. The number of aliphatic carboxylic acids is 1. The van der Waals surface area contributed by atoms with E-state index in [9.17, 15) is 9.90 Å². The second-order valence-electron chi connectivity index (χ2n) is 5.72. The third kappa shape index (κ3) is 3.06. The lowest BCUT2D eigenvalue weighted by atomic mass is 9.90. The zero-order chi connectivity index (χ0) is 14.1. The van der Waals surface area contributed by atoms with E-state index in [2.05, 4.69) is 17.2 Å². The highest BCUT2D eigenvalue weighted by molar-refractivity contribution is 7.13. The van der Waals surface area contributed by atoms with E-state index >= 15 is 0 Å². The molecule has 0 aromatic carbocycles. The van der Waals surface area contributed by atoms with Crippen LogP contribution in [0.1, 0.15) is 39.3 Å². The van der Waals surface area contributed by atoms with E-state index in [1.54, 1.807) is 19.2 Å². The molecule has 0 amide bonds. The van der Waals surface area contributed by atoms with Gasteiger partial charge in [-0.2, -0.15) is 0 Å². The van der Waals surface area contributed by atoms with Gasteiger partial charge in [0.25, 0.3) is 0 Å². The molecule has 0 radical (unpaired) electrons. The van der Waals surface area contributed by atoms with Gasteiger partial charge in [-0.15, -0.1) is 11.3 Å². The third-order valence-electron chi connectivity index (χ3n) is 3.59. The van der Waals surface area contributed by atoms with Crippen LogP contribution in [0.2, 0.25) is 0 Å². The largest absolute Gasteiger partial charge is 0.481 e. The molecule has 106 valence electrons. The predicted octanol–water partition coefficient (Wildman–Crippen LogP) is 2.49. The lowest BCUT2D eigenvalue weighted by Crippen LogP contribution is -2.32. The molecule has 1 unspecified atom stereocenters. The molecule has 1 aliphatic rings. The summed E-state index contributed by atoms with van der Waals surface area (Å²) in [5, 5.41) is 15.0. The summed E-state index contributed by atoms with van der Waals surface area (Å²) in [5.74, 6) is -0.865. The minimum absolute atomic E-state index is 0.131. The highest BCUT2D eigenvalue weighted by Gasteiger charge is 2.33. The van der Waals surface area contributed by atoms with Crippen LogP contribution < -0.4 is 5.32 Å². The second-order valence-corrected chi connectivity index (χ2v) is 6.58. The molecule has 0 bridgehead atoms. The molecule has 1 atom stereocenters. The molecule has 1 fully saturated rings. The van der Waals surface area contributed by atoms with Crippen LogP contribution >= 0.6 is 11.3 Å². The molecule has 1 saturated heterocycles. The fourth-order valence-electron chi connectivity index (χ4n) is 1.99. The van der Waals surface area contributed by atoms with Crippen molar-refractivity contribution in [3.05, 3.63) is 11.1 Å². The molecule has 2 heterocycles. The third-order valence-corrected chi connectivity index (χ3v) is 4.39. The van der Waals surface area contributed by atoms with Crippen LogP contribution in [0.5, 0.6) is 0 Å². The van der Waals surface area contributed by atoms with Crippen LogP contribution in [-0.4, -0.2) is 34.8 Å². The first-order valence-electron chi connectivity index (χ1n) is 6.41. The van der Waals surface area contributed by atoms with Crippen LogP contribution in [0.15, 0.2) is 5.38 Å². The zero-order valence-corrected chi connectivity index (χ0v) is 12.3. The van der Waals surface area contributed by atoms with Gasteiger partial charge >= 0.3 is 5.97 Å². The van der Waals surface area contributed by atoms with Gasteiger partial charge in [0.05, 0.1) is 11.3 Å². The molecular weight excluding hydrogens is 264 g/mol. The Bertz CT molecular complexity index is 464. The molecule has 6 heteroatoms. The van der Waals surface area contributed by atoms with Gasteiger partial charge in [0, 0.05) is 18.5 Å². The molecule has 0 aliphatic carbocycles. The smallest absolute Gasteiger partial charge is 0.315 e. The molecule has 5 nitrogen and oxygen atoms in total. The van der Waals surface area contributed by atoms with Gasteiger partial charge in [0.2, 0.25) is 0 Å². The average molecular weight is 284 g/mol. The minimum atomic E-state index is -0.954. The summed E-state index contributed by atoms with van der Waals surface area (Å²) < 4.78 is 5.69. The van der Waals surface area contributed by atoms with Crippen molar-refractivity contribution >= 4 is 22.4 Å². The Morgan fingerprint density at radius 2 is 2.42 bits per heavy atom. The van der Waals surface area contributed by atoms with Crippen LogP contribution in [0.4, 0.5) is 5.13 Å². The van der Waals surface area contributed by atoms with Crippen LogP contribution in [0.25, 0.3) is 0 Å². The van der Waals surface area contributed by atoms with Crippen molar-refractivity contribution in [3.63, 3.8) is 0 Å². The van der Waals surface area contributed by atoms with Crippen molar-refractivity contribution in [2.24, 2.45) is 0 Å². The SMILES string of the molecule is CC1(CNc2nc(C(C)(C)C(=O)O)cs2)CCCO1. The molecule has 2 N–H and O–H groups in total. The van der Waals surface area contributed by atoms with Gasteiger partial charge in [0.15, 0.2) is 5.13 Å². The summed E-state index contributed by atoms with van der Waals surface area (Å²) in [4.78, 5) is 15.5. The highest BCUT2D eigenvalue weighted by atomic mass is 32.1. The number of nitrogens with zero attached hydrogens (tertiary/aromatic N) is 1. The van der Waals surface area contributed by atoms with Gasteiger partial charge in [-0.3, -0.25) is 4.79 Å². The number of nitrogens with one attached hydrogen (secondary N) is 1. The van der Waals surface area contributed by atoms with E-state index in [0.717, 1.165) is 24.6 Å². The van der Waals surface area contributed by atoms with E-state index in [0.29, 0.717) is 12.2 Å². The number of rotatable bonds is 5. The number of anilines is 1. The average Bonchev–Trinajstić information content (AvgIpc) is 2.96. The van der Waals surface area contributed by atoms with Gasteiger partial charge in [0.1, 0.15) is 5.41 Å². The monoisotopic (exact) mass is 284 g/mol. The number of carboxylic acids is 1. The quantitative estimate of drug-likeness (QED) is 0.869. The molecule has 19 heavy (non-hydrogen) atoms. The van der Waals surface area contributed by atoms with Gasteiger partial charge in [-0.1, -0.05) is 0 Å². The van der Waals surface area contributed by atoms with Crippen molar-refractivity contribution in [2.45, 2.75) is 44.6 Å².